The molecule has 7 nitrogen and oxygen atoms in total. The number of benzene rings is 2. The third kappa shape index (κ3) is 7.91. The Morgan fingerprint density at radius 3 is 2.41 bits per heavy atom. The van der Waals surface area contributed by atoms with E-state index in [-0.39, 0.29) is 18.2 Å². The summed E-state index contributed by atoms with van der Waals surface area (Å²) in [6.07, 6.45) is 1.40. The number of nitrogens with zero attached hydrogens (tertiary/aromatic N) is 1. The quantitative estimate of drug-likeness (QED) is 0.160. The van der Waals surface area contributed by atoms with E-state index in [9.17, 15) is 9.59 Å². The predicted molar refractivity (Wildman–Crippen MR) is 153 cm³/mol. The average Bonchev–Trinajstić information content (AvgIpc) is 3.14. The fourth-order valence-corrected chi connectivity index (χ4v) is 4.93. The zero-order valence-electron chi connectivity index (χ0n) is 20.3. The van der Waals surface area contributed by atoms with E-state index < -0.39 is 10.0 Å². The molecule has 1 N–H and O–H groups in total. The summed E-state index contributed by atoms with van der Waals surface area (Å²) in [6.45, 7) is 2.12. The van der Waals surface area contributed by atoms with Gasteiger partial charge in [0.05, 0.1) is 19.1 Å². The lowest BCUT2D eigenvalue weighted by Gasteiger charge is -2.26. The summed E-state index contributed by atoms with van der Waals surface area (Å²) in [5.41, 5.74) is 1.75. The Hall–Kier alpha value is -2.17. The molecule has 1 saturated heterocycles. The van der Waals surface area contributed by atoms with E-state index in [4.69, 9.17) is 61.2 Å². The van der Waals surface area contributed by atoms with Crippen LogP contribution in [0.2, 0.25) is 0 Å². The van der Waals surface area contributed by atoms with Gasteiger partial charge in [0.2, 0.25) is 15.9 Å². The van der Waals surface area contributed by atoms with E-state index in [1.54, 1.807) is 56.4 Å². The van der Waals surface area contributed by atoms with Crippen molar-refractivity contribution in [3.63, 3.8) is 0 Å². The molecule has 1 aliphatic rings. The van der Waals surface area contributed by atoms with Crippen molar-refractivity contribution in [1.82, 2.24) is 10.2 Å². The number of alkyl halides is 3. The number of hydrogen-bond acceptors (Lipinski definition) is 7. The monoisotopic (exact) mass is 602 g/mol. The molecule has 198 valence electrons. The number of carbonyl (C=O) groups is 2. The van der Waals surface area contributed by atoms with Gasteiger partial charge in [0.15, 0.2) is 11.5 Å². The van der Waals surface area contributed by atoms with Gasteiger partial charge in [-0.3, -0.25) is 14.5 Å². The fraction of sp³-hybridized carbons (Fsp3) is 0.320. The van der Waals surface area contributed by atoms with Crippen molar-refractivity contribution >= 4 is 81.0 Å². The molecule has 0 radical (unpaired) electrons. The number of halogens is 3. The largest absolute Gasteiger partial charge is 0.493 e. The fourth-order valence-electron chi connectivity index (χ4n) is 3.33. The molecule has 0 aliphatic carbocycles. The number of ether oxygens (including phenoxy) is 3. The van der Waals surface area contributed by atoms with E-state index in [0.717, 1.165) is 11.1 Å². The van der Waals surface area contributed by atoms with Crippen molar-refractivity contribution in [3.05, 3.63) is 58.5 Å². The number of hydrogen-bond donors (Lipinski definition) is 1. The molecule has 3 rings (SSSR count). The highest BCUT2D eigenvalue weighted by Gasteiger charge is 2.36. The van der Waals surface area contributed by atoms with Gasteiger partial charge in [-0.25, -0.2) is 0 Å². The second kappa shape index (κ2) is 13.1. The third-order valence-electron chi connectivity index (χ3n) is 5.29. The molecular weight excluding hydrogens is 579 g/mol. The van der Waals surface area contributed by atoms with Gasteiger partial charge >= 0.3 is 0 Å². The third-order valence-corrected chi connectivity index (χ3v) is 7.26. The molecular formula is C25H25Cl3N2O5S2. The Kier molecular flexibility index (Phi) is 10.4. The molecule has 37 heavy (non-hydrogen) atoms. The van der Waals surface area contributed by atoms with Crippen LogP contribution in [-0.4, -0.2) is 51.8 Å². The van der Waals surface area contributed by atoms with Crippen molar-refractivity contribution in [1.29, 1.82) is 0 Å². The van der Waals surface area contributed by atoms with Crippen LogP contribution in [-0.2, 0) is 16.0 Å². The summed E-state index contributed by atoms with van der Waals surface area (Å²) < 4.78 is 14.9. The van der Waals surface area contributed by atoms with E-state index in [2.05, 4.69) is 5.32 Å². The standard InChI is InChI=1S/C25H25Cl3N2O5S2/c1-4-21(31)29-23(25(26,27)28)35-17-8-5-15(6-9-17)14-20-22(32)30(24(36)37-20)12-11-16-7-10-18(33-2)19(13-16)34-3/h5-10,13-14,23H,4,11-12H2,1-3H3,(H,29,31)/b20-14-/t23-/m0/s1. The van der Waals surface area contributed by atoms with Gasteiger partial charge in [0, 0.05) is 13.0 Å². The molecule has 0 aromatic heterocycles. The maximum Gasteiger partial charge on any atom is 0.266 e. The average molecular weight is 604 g/mol. The van der Waals surface area contributed by atoms with Crippen LogP contribution >= 0.6 is 58.8 Å². The van der Waals surface area contributed by atoms with Crippen LogP contribution in [0.5, 0.6) is 17.2 Å². The Morgan fingerprint density at radius 2 is 1.81 bits per heavy atom. The van der Waals surface area contributed by atoms with Crippen LogP contribution in [0.1, 0.15) is 24.5 Å². The highest BCUT2D eigenvalue weighted by Crippen LogP contribution is 2.35. The zero-order chi connectivity index (χ0) is 27.2. The minimum absolute atomic E-state index is 0.158. The van der Waals surface area contributed by atoms with Gasteiger partial charge in [-0.2, -0.15) is 0 Å². The van der Waals surface area contributed by atoms with Crippen LogP contribution < -0.4 is 19.5 Å². The minimum atomic E-state index is -1.87. The van der Waals surface area contributed by atoms with Crippen LogP contribution in [0.15, 0.2) is 47.4 Å². The number of methoxy groups -OCH3 is 2. The lowest BCUT2D eigenvalue weighted by Crippen LogP contribution is -2.47. The first-order valence-corrected chi connectivity index (χ1v) is 13.5. The van der Waals surface area contributed by atoms with Crippen molar-refractivity contribution in [3.8, 4) is 17.2 Å². The molecule has 2 aromatic carbocycles. The molecule has 2 amide bonds. The molecule has 0 spiro atoms. The normalized spacial score (nSPS) is 15.6. The molecule has 1 atom stereocenters. The number of amides is 2. The summed E-state index contributed by atoms with van der Waals surface area (Å²) in [6, 6.07) is 12.5. The Morgan fingerprint density at radius 1 is 1.14 bits per heavy atom. The second-order valence-corrected chi connectivity index (χ2v) is 11.8. The lowest BCUT2D eigenvalue weighted by molar-refractivity contribution is -0.123. The maximum absolute atomic E-state index is 13.0. The first-order chi connectivity index (χ1) is 17.5. The number of rotatable bonds is 10. The second-order valence-electron chi connectivity index (χ2n) is 7.80. The lowest BCUT2D eigenvalue weighted by atomic mass is 10.1. The number of thiocarbonyl (C=S) groups is 1. The van der Waals surface area contributed by atoms with E-state index in [0.29, 0.717) is 39.4 Å². The van der Waals surface area contributed by atoms with Gasteiger partial charge < -0.3 is 19.5 Å². The van der Waals surface area contributed by atoms with Gasteiger partial charge in [0.25, 0.3) is 5.91 Å². The number of carbonyl (C=O) groups excluding carboxylic acids is 2. The molecule has 1 heterocycles. The van der Waals surface area contributed by atoms with Gasteiger partial charge in [-0.15, -0.1) is 0 Å². The summed E-state index contributed by atoms with van der Waals surface area (Å²) in [4.78, 5) is 26.9. The number of thioether (sulfide) groups is 1. The minimum Gasteiger partial charge on any atom is -0.493 e. The van der Waals surface area contributed by atoms with Crippen LogP contribution in [0, 0.1) is 0 Å². The van der Waals surface area contributed by atoms with Crippen molar-refractivity contribution in [2.45, 2.75) is 29.8 Å². The molecule has 1 fully saturated rings. The molecule has 0 bridgehead atoms. The van der Waals surface area contributed by atoms with Gasteiger partial charge in [-0.1, -0.05) is 83.9 Å². The van der Waals surface area contributed by atoms with Crippen molar-refractivity contribution in [2.24, 2.45) is 0 Å². The maximum atomic E-state index is 13.0. The van der Waals surface area contributed by atoms with Gasteiger partial charge in [-0.05, 0) is 47.9 Å². The summed E-state index contributed by atoms with van der Waals surface area (Å²) in [5.74, 6) is 1.18. The van der Waals surface area contributed by atoms with Crippen molar-refractivity contribution < 1.29 is 23.8 Å². The molecule has 12 heteroatoms. The Balaban J connectivity index is 1.66. The molecule has 0 saturated carbocycles. The predicted octanol–water partition coefficient (Wildman–Crippen LogP) is 5.75. The Labute approximate surface area is 240 Å². The first kappa shape index (κ1) is 29.4. The summed E-state index contributed by atoms with van der Waals surface area (Å²) in [5, 5.41) is 2.53. The first-order valence-electron chi connectivity index (χ1n) is 11.1. The topological polar surface area (TPSA) is 77.1 Å². The number of nitrogens with one attached hydrogen (secondary N) is 1. The molecule has 2 aromatic rings. The summed E-state index contributed by atoms with van der Waals surface area (Å²) >= 11 is 24.5. The van der Waals surface area contributed by atoms with Crippen LogP contribution in [0.25, 0.3) is 6.08 Å². The van der Waals surface area contributed by atoms with Gasteiger partial charge in [0.1, 0.15) is 10.1 Å². The smallest absolute Gasteiger partial charge is 0.266 e. The molecule has 1 aliphatic heterocycles. The summed E-state index contributed by atoms with van der Waals surface area (Å²) in [7, 11) is 3.16. The van der Waals surface area contributed by atoms with Crippen LogP contribution in [0.4, 0.5) is 0 Å². The van der Waals surface area contributed by atoms with Crippen molar-refractivity contribution in [2.75, 3.05) is 20.8 Å². The van der Waals surface area contributed by atoms with E-state index in [1.165, 1.54) is 11.8 Å². The highest BCUT2D eigenvalue weighted by atomic mass is 35.6. The zero-order valence-corrected chi connectivity index (χ0v) is 24.2. The molecule has 0 unspecified atom stereocenters. The highest BCUT2D eigenvalue weighted by molar-refractivity contribution is 8.26. The van der Waals surface area contributed by atoms with Crippen LogP contribution in [0.3, 0.4) is 0 Å². The van der Waals surface area contributed by atoms with E-state index in [1.807, 2.05) is 18.2 Å². The Bertz CT molecular complexity index is 1190. The van der Waals surface area contributed by atoms with E-state index >= 15 is 0 Å². The SMILES string of the molecule is CCC(=O)N[C@@H](Oc1ccc(/C=C2\SC(=S)N(CCc3ccc(OC)c(OC)c3)C2=O)cc1)C(Cl)(Cl)Cl.